The maximum atomic E-state index is 11.9. The molecule has 3 N–H and O–H groups in total. The third kappa shape index (κ3) is 6.88. The first kappa shape index (κ1) is 30.6. The van der Waals surface area contributed by atoms with Crippen LogP contribution in [0, 0.1) is 22.7 Å². The minimum atomic E-state index is -3.29. The van der Waals surface area contributed by atoms with Crippen LogP contribution in [0.5, 0.6) is 0 Å². The van der Waals surface area contributed by atoms with Crippen LogP contribution in [0.25, 0.3) is 22.3 Å². The van der Waals surface area contributed by atoms with E-state index < -0.39 is 15.6 Å². The largest absolute Gasteiger partial charge is 0.321 e. The van der Waals surface area contributed by atoms with Crippen LogP contribution >= 0.6 is 23.2 Å². The van der Waals surface area contributed by atoms with Crippen LogP contribution < -0.4 is 10.5 Å². The summed E-state index contributed by atoms with van der Waals surface area (Å²) in [4.78, 5) is 8.50. The van der Waals surface area contributed by atoms with Crippen molar-refractivity contribution in [1.82, 2.24) is 14.7 Å². The van der Waals surface area contributed by atoms with E-state index in [0.29, 0.717) is 21.2 Å². The first-order valence-corrected chi connectivity index (χ1v) is 16.0. The number of aromatic nitrogens is 2. The van der Waals surface area contributed by atoms with Gasteiger partial charge in [0, 0.05) is 41.5 Å². The molecule has 2 fully saturated rings. The third-order valence-corrected chi connectivity index (χ3v) is 9.81. The second-order valence-electron chi connectivity index (χ2n) is 10.8. The Morgan fingerprint density at radius 1 is 0.791 bits per heavy atom. The van der Waals surface area contributed by atoms with Gasteiger partial charge in [0.2, 0.25) is 10.0 Å². The lowest BCUT2D eigenvalue weighted by Crippen LogP contribution is -2.35. The number of nitrogens with zero attached hydrogens (tertiary/aromatic N) is 4. The maximum absolute atomic E-state index is 11.9. The summed E-state index contributed by atoms with van der Waals surface area (Å²) in [6.45, 7) is 1.62. The van der Waals surface area contributed by atoms with E-state index in [1.807, 2.05) is 24.4 Å². The molecule has 2 aromatic heterocycles. The van der Waals surface area contributed by atoms with Gasteiger partial charge in [0.25, 0.3) is 0 Å². The molecule has 0 bridgehead atoms. The Bertz CT molecular complexity index is 1890. The smallest absolute Gasteiger partial charge is 0.212 e. The Morgan fingerprint density at radius 2 is 1.28 bits per heavy atom. The molecular weight excluding hydrogens is 603 g/mol. The Morgan fingerprint density at radius 3 is 1.70 bits per heavy atom. The molecule has 218 valence electrons. The molecule has 2 saturated carbocycles. The molecule has 2 aliphatic rings. The third-order valence-electron chi connectivity index (χ3n) is 7.72. The van der Waals surface area contributed by atoms with Crippen molar-refractivity contribution in [3.05, 3.63) is 106 Å². The number of rotatable bonds is 7. The van der Waals surface area contributed by atoms with E-state index >= 15 is 0 Å². The average Bonchev–Trinajstić information content (AvgIpc) is 3.95. The van der Waals surface area contributed by atoms with E-state index in [9.17, 15) is 8.42 Å². The Kier molecular flexibility index (Phi) is 8.58. The molecule has 2 aliphatic carbocycles. The van der Waals surface area contributed by atoms with Gasteiger partial charge < -0.3 is 5.73 Å². The summed E-state index contributed by atoms with van der Waals surface area (Å²) in [5, 5.41) is 18.7. The fourth-order valence-corrected chi connectivity index (χ4v) is 6.18. The lowest BCUT2D eigenvalue weighted by atomic mass is 10.0. The number of halogens is 2. The van der Waals surface area contributed by atoms with Crippen LogP contribution in [0.3, 0.4) is 0 Å². The van der Waals surface area contributed by atoms with Crippen molar-refractivity contribution in [2.45, 2.75) is 43.7 Å². The van der Waals surface area contributed by atoms with Crippen molar-refractivity contribution in [2.24, 2.45) is 5.73 Å². The highest BCUT2D eigenvalue weighted by molar-refractivity contribution is 7.89. The zero-order chi connectivity index (χ0) is 30.8. The number of nitrogens with one attached hydrogen (secondary N) is 1. The van der Waals surface area contributed by atoms with E-state index in [0.717, 1.165) is 59.1 Å². The average molecular weight is 632 g/mol. The Balaban J connectivity index is 0.000000176. The van der Waals surface area contributed by atoms with Crippen LogP contribution in [0.4, 0.5) is 0 Å². The molecule has 2 heterocycles. The predicted octanol–water partition coefficient (Wildman–Crippen LogP) is 6.42. The van der Waals surface area contributed by atoms with E-state index in [1.165, 1.54) is 0 Å². The summed E-state index contributed by atoms with van der Waals surface area (Å²) < 4.78 is 26.6. The predicted molar refractivity (Wildman–Crippen MR) is 167 cm³/mol. The summed E-state index contributed by atoms with van der Waals surface area (Å²) in [6.07, 6.45) is 10.5. The second kappa shape index (κ2) is 12.0. The van der Waals surface area contributed by atoms with Gasteiger partial charge in [-0.2, -0.15) is 10.5 Å². The summed E-state index contributed by atoms with van der Waals surface area (Å²) in [5.74, 6) is 0.0487. The zero-order valence-electron chi connectivity index (χ0n) is 23.3. The van der Waals surface area contributed by atoms with Gasteiger partial charge >= 0.3 is 0 Å². The standard InChI is InChI=1S/C17H16ClN3O2S.C15H12ClN3/c1-2-24(22,23)21-17(5-6-17)15-7-14(10-20-11-15)12-3-4-13(9-19)16(18)8-12;16-14-6-10(1-2-11(14)7-17)12-5-13(9-19-8-12)15(18)3-4-15/h3-4,7-8,10-11,21H,2,5-6H2,1H3;1-2,5-6,8-9H,3-4,18H2. The van der Waals surface area contributed by atoms with Crippen molar-refractivity contribution in [1.29, 1.82) is 10.5 Å². The number of nitrogens with two attached hydrogens (primary N) is 1. The molecule has 6 rings (SSSR count). The van der Waals surface area contributed by atoms with Crippen molar-refractivity contribution >= 4 is 33.2 Å². The molecule has 0 unspecified atom stereocenters. The van der Waals surface area contributed by atoms with Crippen LogP contribution in [0.15, 0.2) is 73.3 Å². The van der Waals surface area contributed by atoms with Crippen LogP contribution in [-0.4, -0.2) is 24.1 Å². The summed E-state index contributed by atoms with van der Waals surface area (Å²) >= 11 is 12.1. The molecular formula is C32H28Cl2N6O2S. The molecule has 11 heteroatoms. The summed E-state index contributed by atoms with van der Waals surface area (Å²) in [5.41, 5.74) is 11.8. The fraction of sp³-hybridized carbons (Fsp3) is 0.250. The quantitative estimate of drug-likeness (QED) is 0.239. The van der Waals surface area contributed by atoms with Gasteiger partial charge in [-0.05, 0) is 91.3 Å². The Labute approximate surface area is 261 Å². The molecule has 8 nitrogen and oxygen atoms in total. The van der Waals surface area contributed by atoms with Gasteiger partial charge in [-0.15, -0.1) is 0 Å². The first-order chi connectivity index (χ1) is 20.5. The molecule has 0 spiro atoms. The molecule has 4 aromatic rings. The van der Waals surface area contributed by atoms with Crippen molar-refractivity contribution < 1.29 is 8.42 Å². The fourth-order valence-electron chi connectivity index (χ4n) is 4.67. The highest BCUT2D eigenvalue weighted by Crippen LogP contribution is 2.47. The molecule has 0 atom stereocenters. The SMILES string of the molecule is CCS(=O)(=O)NC1(c2cncc(-c3ccc(C#N)c(Cl)c3)c2)CC1.N#Cc1ccc(-c2cncc(C3(N)CC3)c2)cc1Cl. The van der Waals surface area contributed by atoms with Crippen molar-refractivity contribution in [3.8, 4) is 34.4 Å². The first-order valence-electron chi connectivity index (χ1n) is 13.6. The molecule has 0 aliphatic heterocycles. The number of hydrogen-bond acceptors (Lipinski definition) is 7. The van der Waals surface area contributed by atoms with E-state index in [-0.39, 0.29) is 11.3 Å². The summed E-state index contributed by atoms with van der Waals surface area (Å²) in [6, 6.07) is 18.6. The maximum Gasteiger partial charge on any atom is 0.212 e. The lowest BCUT2D eigenvalue weighted by molar-refractivity contribution is 0.552. The highest BCUT2D eigenvalue weighted by atomic mass is 35.5. The van der Waals surface area contributed by atoms with Crippen molar-refractivity contribution in [2.75, 3.05) is 5.75 Å². The molecule has 43 heavy (non-hydrogen) atoms. The van der Waals surface area contributed by atoms with Gasteiger partial charge in [-0.25, -0.2) is 13.1 Å². The number of hydrogen-bond donors (Lipinski definition) is 2. The molecule has 2 aromatic carbocycles. The summed E-state index contributed by atoms with van der Waals surface area (Å²) in [7, 11) is -3.29. The minimum Gasteiger partial charge on any atom is -0.321 e. The number of pyridine rings is 2. The zero-order valence-corrected chi connectivity index (χ0v) is 25.6. The van der Waals surface area contributed by atoms with Crippen molar-refractivity contribution in [3.63, 3.8) is 0 Å². The number of nitriles is 2. The molecule has 0 saturated heterocycles. The van der Waals surface area contributed by atoms with E-state index in [2.05, 4.69) is 26.8 Å². The van der Waals surface area contributed by atoms with E-state index in [1.54, 1.807) is 55.8 Å². The van der Waals surface area contributed by atoms with Gasteiger partial charge in [0.1, 0.15) is 12.1 Å². The van der Waals surface area contributed by atoms with Crippen LogP contribution in [-0.2, 0) is 21.1 Å². The molecule has 0 amide bonds. The van der Waals surface area contributed by atoms with Gasteiger partial charge in [0.15, 0.2) is 0 Å². The normalized spacial score (nSPS) is 15.8. The van der Waals surface area contributed by atoms with Crippen LogP contribution in [0.2, 0.25) is 10.0 Å². The van der Waals surface area contributed by atoms with E-state index in [4.69, 9.17) is 39.5 Å². The second-order valence-corrected chi connectivity index (χ2v) is 13.6. The minimum absolute atomic E-state index is 0.0487. The van der Waals surface area contributed by atoms with Crippen LogP contribution in [0.1, 0.15) is 54.9 Å². The van der Waals surface area contributed by atoms with Gasteiger partial charge in [-0.3, -0.25) is 9.97 Å². The number of benzene rings is 2. The highest BCUT2D eigenvalue weighted by Gasteiger charge is 2.47. The molecule has 0 radical (unpaired) electrons. The monoisotopic (exact) mass is 630 g/mol. The lowest BCUT2D eigenvalue weighted by Gasteiger charge is -2.18. The number of sulfonamides is 1. The van der Waals surface area contributed by atoms with Gasteiger partial charge in [-0.1, -0.05) is 35.3 Å². The van der Waals surface area contributed by atoms with Gasteiger partial charge in [0.05, 0.1) is 32.5 Å². The Hall–Kier alpha value is -3.83. The topological polar surface area (TPSA) is 146 Å².